The number of phenols is 1. The minimum atomic E-state index is -4.63. The second-order valence-corrected chi connectivity index (χ2v) is 4.41. The van der Waals surface area contributed by atoms with Gasteiger partial charge in [-0.1, -0.05) is 12.1 Å². The lowest BCUT2D eigenvalue weighted by molar-refractivity contribution is -0.263. The third-order valence-electron chi connectivity index (χ3n) is 3.05. The fourth-order valence-electron chi connectivity index (χ4n) is 2.05. The van der Waals surface area contributed by atoms with E-state index in [1.807, 2.05) is 0 Å². The molecule has 1 aliphatic carbocycles. The fourth-order valence-corrected chi connectivity index (χ4v) is 2.05. The first-order chi connectivity index (χ1) is 8.75. The van der Waals surface area contributed by atoms with Crippen molar-refractivity contribution in [2.24, 2.45) is 0 Å². The van der Waals surface area contributed by atoms with Crippen LogP contribution in [0.4, 0.5) is 13.2 Å². The maximum absolute atomic E-state index is 12.6. The van der Waals surface area contributed by atoms with Crippen molar-refractivity contribution in [2.45, 2.75) is 38.0 Å². The minimum Gasteiger partial charge on any atom is -0.508 e. The number of alkyl halides is 3. The van der Waals surface area contributed by atoms with Crippen molar-refractivity contribution in [3.63, 3.8) is 0 Å². The molecule has 1 unspecified atom stereocenters. The van der Waals surface area contributed by atoms with Gasteiger partial charge in [0, 0.05) is 6.42 Å². The first-order valence-corrected chi connectivity index (χ1v) is 5.71. The number of halogens is 3. The van der Waals surface area contributed by atoms with Crippen LogP contribution >= 0.6 is 0 Å². The average Bonchev–Trinajstić information content (AvgIpc) is 2.28. The van der Waals surface area contributed by atoms with Gasteiger partial charge in [0.25, 0.3) is 0 Å². The van der Waals surface area contributed by atoms with Crippen LogP contribution in [0.15, 0.2) is 18.2 Å². The molecule has 0 radical (unpaired) electrons. The smallest absolute Gasteiger partial charge is 0.417 e. The molecule has 0 fully saturated rings. The molecular formula is C14H15F3O2. The first kappa shape index (κ1) is 15.4. The van der Waals surface area contributed by atoms with Gasteiger partial charge in [0.05, 0.1) is 0 Å². The number of fused-ring (bicyclic) bond motifs is 1. The van der Waals surface area contributed by atoms with Gasteiger partial charge < -0.3 is 10.2 Å². The van der Waals surface area contributed by atoms with Gasteiger partial charge in [0.15, 0.2) is 5.60 Å². The Balaban J connectivity index is 0.000000550. The van der Waals surface area contributed by atoms with Gasteiger partial charge >= 0.3 is 6.18 Å². The molecule has 1 aromatic rings. The number of rotatable bonds is 0. The molecule has 2 N–H and O–H groups in total. The number of aliphatic hydroxyl groups is 1. The minimum absolute atomic E-state index is 0.00160. The summed E-state index contributed by atoms with van der Waals surface area (Å²) in [5, 5.41) is 19.0. The second-order valence-electron chi connectivity index (χ2n) is 4.41. The Morgan fingerprint density at radius 2 is 1.95 bits per heavy atom. The highest BCUT2D eigenvalue weighted by Crippen LogP contribution is 2.42. The fraction of sp³-hybridized carbons (Fsp3) is 0.429. The SMILES string of the molecule is C#CC.Oc1cccc2c1CCC(O)(C(F)(F)F)C2. The average molecular weight is 272 g/mol. The maximum Gasteiger partial charge on any atom is 0.417 e. The van der Waals surface area contributed by atoms with E-state index in [0.29, 0.717) is 11.1 Å². The Kier molecular flexibility index (Phi) is 4.48. The summed E-state index contributed by atoms with van der Waals surface area (Å²) in [6.07, 6.45) is -0.879. The zero-order chi connectivity index (χ0) is 14.7. The van der Waals surface area contributed by atoms with E-state index in [4.69, 9.17) is 0 Å². The Hall–Kier alpha value is -1.67. The van der Waals surface area contributed by atoms with Gasteiger partial charge in [-0.25, -0.2) is 0 Å². The zero-order valence-corrected chi connectivity index (χ0v) is 10.5. The van der Waals surface area contributed by atoms with E-state index >= 15 is 0 Å². The molecule has 0 aliphatic heterocycles. The molecular weight excluding hydrogens is 257 g/mol. The summed E-state index contributed by atoms with van der Waals surface area (Å²) in [5.74, 6) is 2.25. The lowest BCUT2D eigenvalue weighted by Gasteiger charge is -2.35. The van der Waals surface area contributed by atoms with E-state index in [0.717, 1.165) is 0 Å². The summed E-state index contributed by atoms with van der Waals surface area (Å²) in [4.78, 5) is 0. The molecule has 19 heavy (non-hydrogen) atoms. The number of hydrogen-bond donors (Lipinski definition) is 2. The molecule has 5 heteroatoms. The van der Waals surface area contributed by atoms with Crippen LogP contribution in [0.1, 0.15) is 24.5 Å². The van der Waals surface area contributed by atoms with Gasteiger partial charge in [-0.3, -0.25) is 0 Å². The molecule has 2 nitrogen and oxygen atoms in total. The van der Waals surface area contributed by atoms with Crippen LogP contribution in [0.2, 0.25) is 0 Å². The Morgan fingerprint density at radius 1 is 1.37 bits per heavy atom. The maximum atomic E-state index is 12.6. The molecule has 0 saturated heterocycles. The lowest BCUT2D eigenvalue weighted by Crippen LogP contribution is -2.49. The summed E-state index contributed by atoms with van der Waals surface area (Å²) in [5.41, 5.74) is -1.78. The third kappa shape index (κ3) is 3.21. The van der Waals surface area contributed by atoms with Gasteiger partial charge in [0.2, 0.25) is 0 Å². The van der Waals surface area contributed by atoms with Crippen LogP contribution in [-0.2, 0) is 12.8 Å². The second kappa shape index (κ2) is 5.54. The van der Waals surface area contributed by atoms with Crippen molar-refractivity contribution in [3.8, 4) is 18.1 Å². The predicted octanol–water partition coefficient (Wildman–Crippen LogP) is 2.81. The lowest BCUT2D eigenvalue weighted by atomic mass is 9.79. The number of aromatic hydroxyl groups is 1. The standard InChI is InChI=1S/C11H11F3O2.C3H4/c12-11(13,14)10(16)5-4-8-7(6-10)2-1-3-9(8)15;1-3-2/h1-3,15-16H,4-6H2;1H,2H3. The van der Waals surface area contributed by atoms with Crippen molar-refractivity contribution < 1.29 is 23.4 Å². The van der Waals surface area contributed by atoms with Gasteiger partial charge in [-0.15, -0.1) is 12.3 Å². The number of benzene rings is 1. The first-order valence-electron chi connectivity index (χ1n) is 5.71. The molecule has 0 amide bonds. The molecule has 1 atom stereocenters. The molecule has 1 aromatic carbocycles. The van der Waals surface area contributed by atoms with Crippen LogP contribution in [0.25, 0.3) is 0 Å². The summed E-state index contributed by atoms with van der Waals surface area (Å²) in [7, 11) is 0. The zero-order valence-electron chi connectivity index (χ0n) is 10.5. The van der Waals surface area contributed by atoms with Gasteiger partial charge in [-0.05, 0) is 37.0 Å². The summed E-state index contributed by atoms with van der Waals surface area (Å²) in [6.45, 7) is 1.65. The van der Waals surface area contributed by atoms with E-state index < -0.39 is 24.6 Å². The highest BCUT2D eigenvalue weighted by Gasteiger charge is 2.54. The Labute approximate surface area is 109 Å². The quantitative estimate of drug-likeness (QED) is 0.713. The van der Waals surface area contributed by atoms with Crippen molar-refractivity contribution >= 4 is 0 Å². The normalized spacial score (nSPS) is 21.7. The molecule has 0 bridgehead atoms. The summed E-state index contributed by atoms with van der Waals surface area (Å²) in [6, 6.07) is 4.43. The van der Waals surface area contributed by atoms with E-state index in [-0.39, 0.29) is 12.2 Å². The number of terminal acetylenes is 1. The van der Waals surface area contributed by atoms with E-state index in [2.05, 4.69) is 12.3 Å². The number of hydrogen-bond acceptors (Lipinski definition) is 2. The Bertz CT molecular complexity index is 488. The van der Waals surface area contributed by atoms with E-state index in [9.17, 15) is 23.4 Å². The molecule has 0 aromatic heterocycles. The molecule has 104 valence electrons. The van der Waals surface area contributed by atoms with Crippen molar-refractivity contribution in [2.75, 3.05) is 0 Å². The van der Waals surface area contributed by atoms with Crippen molar-refractivity contribution in [1.29, 1.82) is 0 Å². The van der Waals surface area contributed by atoms with Gasteiger partial charge in [0.1, 0.15) is 5.75 Å². The largest absolute Gasteiger partial charge is 0.508 e. The van der Waals surface area contributed by atoms with Crippen molar-refractivity contribution in [3.05, 3.63) is 29.3 Å². The van der Waals surface area contributed by atoms with E-state index in [1.54, 1.807) is 6.92 Å². The van der Waals surface area contributed by atoms with Crippen LogP contribution in [0.5, 0.6) is 5.75 Å². The molecule has 0 saturated carbocycles. The van der Waals surface area contributed by atoms with Crippen molar-refractivity contribution in [1.82, 2.24) is 0 Å². The molecule has 1 aliphatic rings. The number of phenolic OH excluding ortho intramolecular Hbond substituents is 1. The van der Waals surface area contributed by atoms with Crippen LogP contribution in [-0.4, -0.2) is 22.0 Å². The molecule has 0 heterocycles. The topological polar surface area (TPSA) is 40.5 Å². The predicted molar refractivity (Wildman–Crippen MR) is 65.6 cm³/mol. The van der Waals surface area contributed by atoms with Crippen LogP contribution in [0.3, 0.4) is 0 Å². The van der Waals surface area contributed by atoms with Crippen LogP contribution < -0.4 is 0 Å². The van der Waals surface area contributed by atoms with Gasteiger partial charge in [-0.2, -0.15) is 13.2 Å². The highest BCUT2D eigenvalue weighted by molar-refractivity contribution is 5.42. The van der Waals surface area contributed by atoms with Crippen LogP contribution in [0, 0.1) is 12.3 Å². The Morgan fingerprint density at radius 3 is 2.47 bits per heavy atom. The summed E-state index contributed by atoms with van der Waals surface area (Å²) < 4.78 is 37.8. The monoisotopic (exact) mass is 272 g/mol. The summed E-state index contributed by atoms with van der Waals surface area (Å²) >= 11 is 0. The highest BCUT2D eigenvalue weighted by atomic mass is 19.4. The molecule has 2 rings (SSSR count). The van der Waals surface area contributed by atoms with E-state index in [1.165, 1.54) is 18.2 Å². The third-order valence-corrected chi connectivity index (χ3v) is 3.05. The molecule has 0 spiro atoms.